The molecule has 0 radical (unpaired) electrons. The number of carbonyl (C=O) groups is 1. The van der Waals surface area contributed by atoms with Crippen LogP contribution in [-0.2, 0) is 19.9 Å². The van der Waals surface area contributed by atoms with E-state index in [-0.39, 0.29) is 25.2 Å². The maximum atomic E-state index is 13.8. The average molecular weight is 449 g/mol. The molecule has 3 aromatic rings. The summed E-state index contributed by atoms with van der Waals surface area (Å²) in [6.07, 6.45) is 2.82. The fraction of sp³-hybridized carbons (Fsp3) is 0.240. The lowest BCUT2D eigenvalue weighted by molar-refractivity contribution is -0.132. The number of amidine groups is 1. The average Bonchev–Trinajstić information content (AvgIpc) is 3.24. The second-order valence-electron chi connectivity index (χ2n) is 8.00. The summed E-state index contributed by atoms with van der Waals surface area (Å²) in [6, 6.07) is 15.0. The third-order valence-electron chi connectivity index (χ3n) is 5.30. The number of rotatable bonds is 7. The number of hydrogen-bond acceptors (Lipinski definition) is 7. The third-order valence-corrected chi connectivity index (χ3v) is 5.30. The molecule has 1 atom stereocenters. The molecule has 7 nitrogen and oxygen atoms in total. The van der Waals surface area contributed by atoms with Crippen LogP contribution in [0.4, 0.5) is 4.39 Å². The molecule has 0 fully saturated rings. The Morgan fingerprint density at radius 3 is 2.67 bits per heavy atom. The molecule has 1 aliphatic rings. The molecule has 170 valence electrons. The molecule has 2 heterocycles. The van der Waals surface area contributed by atoms with Crippen molar-refractivity contribution in [1.29, 1.82) is 0 Å². The summed E-state index contributed by atoms with van der Waals surface area (Å²) in [5.74, 6) is 0.373. The fourth-order valence-electron chi connectivity index (χ4n) is 3.82. The van der Waals surface area contributed by atoms with Gasteiger partial charge in [-0.1, -0.05) is 24.3 Å². The molecule has 0 spiro atoms. The van der Waals surface area contributed by atoms with Crippen LogP contribution in [-0.4, -0.2) is 30.2 Å². The van der Waals surface area contributed by atoms with Crippen molar-refractivity contribution < 1.29 is 23.5 Å². The Morgan fingerprint density at radius 1 is 1.12 bits per heavy atom. The van der Waals surface area contributed by atoms with Gasteiger partial charge in [0.15, 0.2) is 5.54 Å². The largest absolute Gasteiger partial charge is 0.491 e. The Bertz CT molecular complexity index is 1200. The molecule has 1 aliphatic heterocycles. The van der Waals surface area contributed by atoms with Crippen LogP contribution in [0.3, 0.4) is 0 Å². The van der Waals surface area contributed by atoms with E-state index in [4.69, 9.17) is 14.5 Å². The highest BCUT2D eigenvalue weighted by Gasteiger charge is 2.41. The summed E-state index contributed by atoms with van der Waals surface area (Å²) in [4.78, 5) is 23.9. The highest BCUT2D eigenvalue weighted by atomic mass is 19.1. The zero-order valence-corrected chi connectivity index (χ0v) is 18.5. The van der Waals surface area contributed by atoms with Crippen molar-refractivity contribution >= 4 is 12.5 Å². The van der Waals surface area contributed by atoms with Gasteiger partial charge in [-0.15, -0.1) is 0 Å². The van der Waals surface area contributed by atoms with Crippen molar-refractivity contribution in [3.05, 3.63) is 83.4 Å². The van der Waals surface area contributed by atoms with Crippen molar-refractivity contribution in [2.45, 2.75) is 32.4 Å². The normalized spacial score (nSPS) is 17.3. The van der Waals surface area contributed by atoms with Gasteiger partial charge in [0.1, 0.15) is 18.2 Å². The van der Waals surface area contributed by atoms with E-state index < -0.39 is 11.4 Å². The lowest BCUT2D eigenvalue weighted by Crippen LogP contribution is -2.27. The molecule has 1 aromatic heterocycles. The van der Waals surface area contributed by atoms with Crippen molar-refractivity contribution in [3.8, 4) is 16.9 Å². The number of pyridine rings is 1. The number of benzene rings is 2. The second kappa shape index (κ2) is 9.28. The van der Waals surface area contributed by atoms with E-state index in [1.807, 2.05) is 63.2 Å². The van der Waals surface area contributed by atoms with Crippen LogP contribution in [0.1, 0.15) is 30.5 Å². The Kier molecular flexibility index (Phi) is 6.26. The molecule has 1 unspecified atom stereocenters. The van der Waals surface area contributed by atoms with Crippen LogP contribution >= 0.6 is 0 Å². The van der Waals surface area contributed by atoms with Gasteiger partial charge in [0.25, 0.3) is 0 Å². The summed E-state index contributed by atoms with van der Waals surface area (Å²) in [7, 11) is 0. The molecular weight excluding hydrogens is 425 g/mol. The van der Waals surface area contributed by atoms with Gasteiger partial charge >= 0.3 is 12.5 Å². The minimum absolute atomic E-state index is 0.0456. The number of aromatic nitrogens is 1. The number of aryl methyl sites for hydroxylation is 1. The van der Waals surface area contributed by atoms with E-state index in [0.717, 1.165) is 28.0 Å². The van der Waals surface area contributed by atoms with Gasteiger partial charge in [0, 0.05) is 11.8 Å². The summed E-state index contributed by atoms with van der Waals surface area (Å²) in [6.45, 7) is 6.35. The molecule has 0 saturated carbocycles. The summed E-state index contributed by atoms with van der Waals surface area (Å²) in [5, 5.41) is 0. The first-order chi connectivity index (χ1) is 15.9. The number of nitrogens with one attached hydrogen (secondary N) is 1. The maximum Gasteiger partial charge on any atom is 0.320 e. The van der Waals surface area contributed by atoms with Crippen molar-refractivity contribution in [1.82, 2.24) is 10.5 Å². The SMILES string of the molecule is Cc1cc(C2(c3cccc(-c4cncc(F)c4)c3)COC(NOC=O)=N2)ccc1OC(C)C. The molecule has 33 heavy (non-hydrogen) atoms. The second-order valence-corrected chi connectivity index (χ2v) is 8.00. The first-order valence-corrected chi connectivity index (χ1v) is 10.5. The number of carbonyl (C=O) groups excluding carboxylic acids is 1. The molecule has 0 aliphatic carbocycles. The number of hydrogen-bond donors (Lipinski definition) is 1. The predicted octanol–water partition coefficient (Wildman–Crippen LogP) is 4.29. The van der Waals surface area contributed by atoms with Crippen LogP contribution in [0.5, 0.6) is 5.75 Å². The Balaban J connectivity index is 1.82. The quantitative estimate of drug-likeness (QED) is 0.428. The van der Waals surface area contributed by atoms with E-state index in [1.165, 1.54) is 12.3 Å². The summed E-state index contributed by atoms with van der Waals surface area (Å²) >= 11 is 0. The monoisotopic (exact) mass is 449 g/mol. The van der Waals surface area contributed by atoms with Gasteiger partial charge in [-0.2, -0.15) is 5.48 Å². The van der Waals surface area contributed by atoms with Crippen LogP contribution in [0, 0.1) is 12.7 Å². The first kappa shape index (κ1) is 22.3. The molecule has 0 bridgehead atoms. The van der Waals surface area contributed by atoms with E-state index in [1.54, 1.807) is 6.20 Å². The van der Waals surface area contributed by atoms with Gasteiger partial charge in [-0.3, -0.25) is 9.78 Å². The highest BCUT2D eigenvalue weighted by Crippen LogP contribution is 2.40. The predicted molar refractivity (Wildman–Crippen MR) is 121 cm³/mol. The van der Waals surface area contributed by atoms with Crippen LogP contribution in [0.15, 0.2) is 65.9 Å². The van der Waals surface area contributed by atoms with Gasteiger partial charge < -0.3 is 14.3 Å². The van der Waals surface area contributed by atoms with Crippen molar-refractivity contribution in [3.63, 3.8) is 0 Å². The molecule has 0 saturated heterocycles. The molecule has 4 rings (SSSR count). The number of nitrogens with zero attached hydrogens (tertiary/aromatic N) is 2. The number of halogens is 1. The minimum Gasteiger partial charge on any atom is -0.491 e. The smallest absolute Gasteiger partial charge is 0.320 e. The zero-order valence-electron chi connectivity index (χ0n) is 18.5. The van der Waals surface area contributed by atoms with Gasteiger partial charge in [-0.05, 0) is 67.3 Å². The number of ether oxygens (including phenoxy) is 2. The van der Waals surface area contributed by atoms with Gasteiger partial charge in [-0.25, -0.2) is 9.38 Å². The lowest BCUT2D eigenvalue weighted by Gasteiger charge is -2.27. The van der Waals surface area contributed by atoms with Crippen LogP contribution in [0.2, 0.25) is 0 Å². The van der Waals surface area contributed by atoms with Crippen molar-refractivity contribution in [2.24, 2.45) is 4.99 Å². The highest BCUT2D eigenvalue weighted by molar-refractivity contribution is 5.77. The Morgan fingerprint density at radius 2 is 1.94 bits per heavy atom. The van der Waals surface area contributed by atoms with E-state index in [2.05, 4.69) is 15.3 Å². The van der Waals surface area contributed by atoms with Crippen LogP contribution < -0.4 is 10.2 Å². The fourth-order valence-corrected chi connectivity index (χ4v) is 3.82. The van der Waals surface area contributed by atoms with Crippen LogP contribution in [0.25, 0.3) is 11.1 Å². The maximum absolute atomic E-state index is 13.8. The summed E-state index contributed by atoms with van der Waals surface area (Å²) < 4.78 is 25.4. The van der Waals surface area contributed by atoms with E-state index in [0.29, 0.717) is 5.56 Å². The first-order valence-electron chi connectivity index (χ1n) is 10.5. The Labute approximate surface area is 191 Å². The standard InChI is InChI=1S/C25H24FN3O4/c1-16(2)33-23-8-7-21(9-17(23)3)25(14-31-24(28-25)29-32-15-30)20-6-4-5-18(10-20)19-11-22(26)13-27-12-19/h4-13,15-16H,14H2,1-3H3,(H,28,29). The van der Waals surface area contributed by atoms with Gasteiger partial charge in [0.2, 0.25) is 0 Å². The topological polar surface area (TPSA) is 82.0 Å². The number of aliphatic imine (C=N–C) groups is 1. The number of hydroxylamine groups is 1. The third kappa shape index (κ3) is 4.64. The van der Waals surface area contributed by atoms with Gasteiger partial charge in [0.05, 0.1) is 12.3 Å². The van der Waals surface area contributed by atoms with E-state index in [9.17, 15) is 9.18 Å². The lowest BCUT2D eigenvalue weighted by atomic mass is 9.82. The molecule has 0 amide bonds. The molecular formula is C25H24FN3O4. The minimum atomic E-state index is -0.924. The van der Waals surface area contributed by atoms with Crippen molar-refractivity contribution in [2.75, 3.05) is 6.61 Å². The Hall–Kier alpha value is -3.94. The summed E-state index contributed by atoms with van der Waals surface area (Å²) in [5.41, 5.74) is 5.56. The molecule has 8 heteroatoms. The zero-order chi connectivity index (χ0) is 23.4. The molecule has 1 N–H and O–H groups in total. The molecule has 2 aromatic carbocycles. The van der Waals surface area contributed by atoms with E-state index >= 15 is 0 Å².